The summed E-state index contributed by atoms with van der Waals surface area (Å²) in [6.07, 6.45) is 3.57. The second-order valence-corrected chi connectivity index (χ2v) is 17.2. The van der Waals surface area contributed by atoms with Gasteiger partial charge in [-0.2, -0.15) is 0 Å². The number of fused-ring (bicyclic) bond motifs is 2. The Morgan fingerprint density at radius 2 is 1.76 bits per heavy atom. The quantitative estimate of drug-likeness (QED) is 0.240. The van der Waals surface area contributed by atoms with Gasteiger partial charge in [0, 0.05) is 9.14 Å². The molecule has 150 valence electrons. The van der Waals surface area contributed by atoms with Crippen molar-refractivity contribution in [3.63, 3.8) is 0 Å². The second-order valence-electron chi connectivity index (χ2n) is 8.05. The number of rotatable bonds is 3. The van der Waals surface area contributed by atoms with Crippen molar-refractivity contribution in [2.75, 3.05) is 0 Å². The Balaban J connectivity index is 2.19. The number of benzene rings is 1. The summed E-state index contributed by atoms with van der Waals surface area (Å²) in [5.41, 5.74) is 3.37. The van der Waals surface area contributed by atoms with E-state index in [4.69, 9.17) is 4.99 Å². The van der Waals surface area contributed by atoms with E-state index in [0.717, 1.165) is 35.8 Å². The highest BCUT2D eigenvalue weighted by Crippen LogP contribution is 2.49. The van der Waals surface area contributed by atoms with Crippen molar-refractivity contribution < 1.29 is 9.90 Å². The van der Waals surface area contributed by atoms with Gasteiger partial charge in [-0.1, -0.05) is 27.7 Å². The molecule has 1 aliphatic carbocycles. The highest BCUT2D eigenvalue weighted by molar-refractivity contribution is 14.1. The number of carbonyl (C=O) groups is 1. The maximum Gasteiger partial charge on any atom is 0.187 e. The van der Waals surface area contributed by atoms with E-state index in [0.29, 0.717) is 11.1 Å². The summed E-state index contributed by atoms with van der Waals surface area (Å²) in [4.78, 5) is 19.3. The SMILES string of the molecule is CC(C)[Si]1(C(C)C)C2=C(c3sc(I)cc3I)C(=O)C=CC2=Nc2ccc(O)cc21. The molecule has 0 saturated carbocycles. The molecular weight excluding hydrogens is 624 g/mol. The number of hydrogen-bond acceptors (Lipinski definition) is 4. The fourth-order valence-corrected chi connectivity index (χ4v) is 14.7. The molecular formula is C22H21I2NO2SSi. The first-order valence-electron chi connectivity index (χ1n) is 9.52. The zero-order valence-corrected chi connectivity index (χ0v) is 22.7. The Morgan fingerprint density at radius 1 is 1.07 bits per heavy atom. The van der Waals surface area contributed by atoms with E-state index in [1.54, 1.807) is 23.5 Å². The number of aromatic hydroxyl groups is 1. The monoisotopic (exact) mass is 645 g/mol. The average Bonchev–Trinajstić information content (AvgIpc) is 2.97. The van der Waals surface area contributed by atoms with Crippen LogP contribution < -0.4 is 5.19 Å². The minimum atomic E-state index is -2.44. The largest absolute Gasteiger partial charge is 0.508 e. The lowest BCUT2D eigenvalue weighted by Crippen LogP contribution is -2.59. The topological polar surface area (TPSA) is 49.7 Å². The number of carbonyl (C=O) groups excluding carboxylic acids is 1. The number of allylic oxidation sites excluding steroid dienone is 4. The van der Waals surface area contributed by atoms with Crippen LogP contribution in [0.15, 0.2) is 46.6 Å². The predicted octanol–water partition coefficient (Wildman–Crippen LogP) is 6.36. The van der Waals surface area contributed by atoms with Gasteiger partial charge in [-0.3, -0.25) is 4.79 Å². The minimum Gasteiger partial charge on any atom is -0.508 e. The Kier molecular flexibility index (Phi) is 5.71. The minimum absolute atomic E-state index is 0.0666. The number of aliphatic imine (C=N–C) groups is 1. The van der Waals surface area contributed by atoms with Gasteiger partial charge in [-0.15, -0.1) is 11.3 Å². The summed E-state index contributed by atoms with van der Waals surface area (Å²) in [6, 6.07) is 7.66. The molecule has 0 bridgehead atoms. The summed E-state index contributed by atoms with van der Waals surface area (Å²) in [7, 11) is -2.44. The molecule has 1 aromatic carbocycles. The first kappa shape index (κ1) is 21.4. The van der Waals surface area contributed by atoms with Gasteiger partial charge in [-0.25, -0.2) is 4.99 Å². The van der Waals surface area contributed by atoms with Crippen molar-refractivity contribution in [3.8, 4) is 5.75 Å². The molecule has 0 spiro atoms. The van der Waals surface area contributed by atoms with Gasteiger partial charge in [-0.05, 0) is 103 Å². The van der Waals surface area contributed by atoms with Crippen molar-refractivity contribution in [3.05, 3.63) is 52.9 Å². The Morgan fingerprint density at radius 3 is 2.34 bits per heavy atom. The van der Waals surface area contributed by atoms with E-state index < -0.39 is 8.07 Å². The Hall–Kier alpha value is -0.783. The Labute approximate surface area is 203 Å². The fourth-order valence-electron chi connectivity index (χ4n) is 4.90. The molecule has 4 rings (SSSR count). The number of phenolic OH excluding ortho intramolecular Hbond substituents is 1. The van der Waals surface area contributed by atoms with E-state index in [1.165, 1.54) is 2.88 Å². The summed E-state index contributed by atoms with van der Waals surface area (Å²) in [5.74, 6) is 0.331. The third kappa shape index (κ3) is 3.23. The highest BCUT2D eigenvalue weighted by atomic mass is 127. The molecule has 0 amide bonds. The van der Waals surface area contributed by atoms with Crippen molar-refractivity contribution in [1.29, 1.82) is 0 Å². The van der Waals surface area contributed by atoms with Crippen LogP contribution in [0.25, 0.3) is 5.57 Å². The van der Waals surface area contributed by atoms with Crippen LogP contribution in [0.3, 0.4) is 0 Å². The summed E-state index contributed by atoms with van der Waals surface area (Å²) < 4.78 is 2.28. The summed E-state index contributed by atoms with van der Waals surface area (Å²) >= 11 is 6.34. The molecule has 0 unspecified atom stereocenters. The van der Waals surface area contributed by atoms with Gasteiger partial charge in [0.25, 0.3) is 0 Å². The summed E-state index contributed by atoms with van der Waals surface area (Å²) in [6.45, 7) is 9.05. The first-order valence-corrected chi connectivity index (χ1v) is 14.7. The lowest BCUT2D eigenvalue weighted by atomic mass is 10.0. The molecule has 1 aromatic heterocycles. The molecule has 7 heteroatoms. The number of hydrogen-bond donors (Lipinski definition) is 1. The molecule has 29 heavy (non-hydrogen) atoms. The number of thiophene rings is 1. The molecule has 0 radical (unpaired) electrons. The lowest BCUT2D eigenvalue weighted by molar-refractivity contribution is -0.109. The van der Waals surface area contributed by atoms with Crippen LogP contribution in [0.4, 0.5) is 5.69 Å². The van der Waals surface area contributed by atoms with Crippen LogP contribution in [-0.4, -0.2) is 24.7 Å². The molecule has 0 fully saturated rings. The number of ketones is 1. The molecule has 0 atom stereocenters. The van der Waals surface area contributed by atoms with E-state index in [1.807, 2.05) is 18.2 Å². The number of nitrogens with zero attached hydrogens (tertiary/aromatic N) is 1. The van der Waals surface area contributed by atoms with Crippen LogP contribution in [0, 0.1) is 6.45 Å². The van der Waals surface area contributed by atoms with E-state index >= 15 is 0 Å². The van der Waals surface area contributed by atoms with Crippen molar-refractivity contribution in [2.45, 2.75) is 38.8 Å². The standard InChI is InChI=1S/C22H21I2NO2SSi/c1-11(2)29(12(3)4)18-9-13(26)5-6-15(18)25-16-7-8-17(27)20(22(16)29)21-14(23)10-19(24)28-21/h5-12,26H,1-4H3. The van der Waals surface area contributed by atoms with Gasteiger partial charge in [0.2, 0.25) is 0 Å². The molecule has 0 saturated heterocycles. The molecule has 2 heterocycles. The maximum atomic E-state index is 13.3. The van der Waals surface area contributed by atoms with Crippen molar-refractivity contribution in [2.24, 2.45) is 4.99 Å². The molecule has 2 aliphatic rings. The van der Waals surface area contributed by atoms with Crippen LogP contribution in [0.5, 0.6) is 5.75 Å². The van der Waals surface area contributed by atoms with Gasteiger partial charge < -0.3 is 5.11 Å². The summed E-state index contributed by atoms with van der Waals surface area (Å²) in [5, 5.41) is 12.6. The van der Waals surface area contributed by atoms with Gasteiger partial charge in [0.05, 0.1) is 19.2 Å². The third-order valence-electron chi connectivity index (χ3n) is 5.93. The number of phenols is 1. The second kappa shape index (κ2) is 7.72. The molecule has 1 aliphatic heterocycles. The van der Waals surface area contributed by atoms with Crippen LogP contribution in [0.2, 0.25) is 11.1 Å². The zero-order chi connectivity index (χ0) is 21.1. The fraction of sp³-hybridized carbons (Fsp3) is 0.273. The van der Waals surface area contributed by atoms with Crippen molar-refractivity contribution in [1.82, 2.24) is 0 Å². The van der Waals surface area contributed by atoms with E-state index in [-0.39, 0.29) is 11.5 Å². The third-order valence-corrected chi connectivity index (χ3v) is 15.3. The van der Waals surface area contributed by atoms with Gasteiger partial charge in [0.15, 0.2) is 5.78 Å². The maximum absolute atomic E-state index is 13.3. The van der Waals surface area contributed by atoms with E-state index in [9.17, 15) is 9.90 Å². The van der Waals surface area contributed by atoms with E-state index in [2.05, 4.69) is 78.9 Å². The normalized spacial score (nSPS) is 17.7. The average molecular weight is 645 g/mol. The molecule has 2 aromatic rings. The number of halogens is 2. The smallest absolute Gasteiger partial charge is 0.187 e. The van der Waals surface area contributed by atoms with Crippen LogP contribution >= 0.6 is 56.5 Å². The molecule has 3 nitrogen and oxygen atoms in total. The van der Waals surface area contributed by atoms with Gasteiger partial charge in [0.1, 0.15) is 13.8 Å². The zero-order valence-electron chi connectivity index (χ0n) is 16.6. The Bertz CT molecular complexity index is 1120. The van der Waals surface area contributed by atoms with Crippen LogP contribution in [0.1, 0.15) is 32.6 Å². The van der Waals surface area contributed by atoms with Gasteiger partial charge >= 0.3 is 0 Å². The highest BCUT2D eigenvalue weighted by Gasteiger charge is 2.52. The first-order chi connectivity index (χ1) is 13.7. The van der Waals surface area contributed by atoms with Crippen molar-refractivity contribution >= 4 is 92.5 Å². The molecule has 1 N–H and O–H groups in total. The van der Waals surface area contributed by atoms with Crippen LogP contribution in [-0.2, 0) is 4.79 Å². The lowest BCUT2D eigenvalue weighted by Gasteiger charge is -2.46. The predicted molar refractivity (Wildman–Crippen MR) is 142 cm³/mol.